The van der Waals surface area contributed by atoms with Crippen LogP contribution in [-0.4, -0.2) is 15.0 Å². The van der Waals surface area contributed by atoms with Gasteiger partial charge in [0.2, 0.25) is 0 Å². The van der Waals surface area contributed by atoms with Gasteiger partial charge < -0.3 is 0 Å². The van der Waals surface area contributed by atoms with E-state index in [9.17, 15) is 25.2 Å². The Balaban J connectivity index is 0.000000656. The van der Waals surface area contributed by atoms with Crippen LogP contribution in [0.25, 0.3) is 22.4 Å². The van der Waals surface area contributed by atoms with Crippen molar-refractivity contribution in [1.29, 1.82) is 0 Å². The van der Waals surface area contributed by atoms with Crippen molar-refractivity contribution in [1.82, 2.24) is 15.0 Å². The molecule has 142 valence electrons. The fourth-order valence-electron chi connectivity index (χ4n) is 1.89. The Bertz CT molecular complexity index is 782. The largest absolute Gasteiger partial charge is 1.00 e. The van der Waals surface area contributed by atoms with E-state index in [0.29, 0.717) is 0 Å². The van der Waals surface area contributed by atoms with Gasteiger partial charge in [-0.15, -0.1) is 0 Å². The Labute approximate surface area is 159 Å². The molecule has 3 aromatic rings. The summed E-state index contributed by atoms with van der Waals surface area (Å²) in [5.74, 6) is 0. The van der Waals surface area contributed by atoms with Crippen molar-refractivity contribution in [2.75, 3.05) is 0 Å². The first kappa shape index (κ1) is 22.1. The van der Waals surface area contributed by atoms with Gasteiger partial charge in [-0.3, -0.25) is 15.0 Å². The summed E-state index contributed by atoms with van der Waals surface area (Å²) >= 11 is 0. The van der Waals surface area contributed by atoms with E-state index in [4.69, 9.17) is 0 Å². The molecule has 0 bridgehead atoms. The zero-order valence-electron chi connectivity index (χ0n) is 13.8. The van der Waals surface area contributed by atoms with Crippen LogP contribution in [0.5, 0.6) is 0 Å². The Kier molecular flexibility index (Phi) is 6.27. The molecular weight excluding hydrogens is 468 g/mol. The maximum atomic E-state index is 9.87. The molecule has 0 aliphatic heterocycles. The summed E-state index contributed by atoms with van der Waals surface area (Å²) in [6.07, 6.45) is 8.99. The zero-order chi connectivity index (χ0) is 18.6. The Morgan fingerprint density at radius 3 is 1.62 bits per heavy atom. The number of halogens is 6. The minimum Gasteiger partial charge on any atom is -0.264 e. The summed E-state index contributed by atoms with van der Waals surface area (Å²) in [5, 5.41) is 0. The van der Waals surface area contributed by atoms with Crippen molar-refractivity contribution in [3.8, 4) is 22.4 Å². The fourth-order valence-corrected chi connectivity index (χ4v) is 1.89. The summed E-state index contributed by atoms with van der Waals surface area (Å²) in [4.78, 5) is 12.8. The number of rotatable bonds is 2. The van der Waals surface area contributed by atoms with Crippen LogP contribution in [0.2, 0.25) is 0 Å². The van der Waals surface area contributed by atoms with E-state index in [1.54, 1.807) is 18.6 Å². The van der Waals surface area contributed by atoms with Crippen molar-refractivity contribution >= 4 is 7.81 Å². The van der Waals surface area contributed by atoms with E-state index in [1.807, 2.05) is 48.8 Å². The van der Waals surface area contributed by atoms with Gasteiger partial charge in [0.05, 0.1) is 5.69 Å². The second-order valence-electron chi connectivity index (χ2n) is 4.84. The molecule has 0 spiro atoms. The number of aromatic nitrogens is 3. The van der Waals surface area contributed by atoms with Gasteiger partial charge in [0.25, 0.3) is 0 Å². The smallest absolute Gasteiger partial charge is 0.264 e. The van der Waals surface area contributed by atoms with E-state index in [-0.39, 0.29) is 20.9 Å². The quantitative estimate of drug-likeness (QED) is 0.233. The van der Waals surface area contributed by atoms with Gasteiger partial charge in [0, 0.05) is 67.2 Å². The average molecular weight is 480 g/mol. The van der Waals surface area contributed by atoms with Gasteiger partial charge in [-0.2, -0.15) is 0 Å². The van der Waals surface area contributed by atoms with E-state index < -0.39 is 7.81 Å². The van der Waals surface area contributed by atoms with Gasteiger partial charge in [0.15, 0.2) is 0 Å². The maximum absolute atomic E-state index is 10.7. The Hall–Kier alpha value is -1.92. The third-order valence-corrected chi connectivity index (χ3v) is 2.72. The molecule has 0 unspecified atom stereocenters. The molecule has 0 N–H and O–H groups in total. The number of hydrogen-bond acceptors (Lipinski definition) is 3. The second-order valence-corrected chi connectivity index (χ2v) is 6.76. The molecule has 26 heavy (non-hydrogen) atoms. The Morgan fingerprint density at radius 1 is 0.692 bits per heavy atom. The van der Waals surface area contributed by atoms with Crippen LogP contribution in [-0.2, 0) is 19.5 Å². The van der Waals surface area contributed by atoms with Gasteiger partial charge in [-0.1, -0.05) is 12.1 Å². The zero-order valence-corrected chi connectivity index (χ0v) is 15.4. The SMILES string of the molecule is F[P-](F)(F)(F)(F)F.[H+].[Ru].c1cncc(-c2cccnc2-c2cccnc2)c1. The van der Waals surface area contributed by atoms with E-state index >= 15 is 0 Å². The topological polar surface area (TPSA) is 38.7 Å². The molecular formula is C15H12F6N3PRu. The molecule has 0 atom stereocenters. The predicted octanol–water partition coefficient (Wildman–Crippen LogP) is 6.70. The number of pyridine rings is 3. The summed E-state index contributed by atoms with van der Waals surface area (Å²) in [5.41, 5.74) is 4.07. The molecule has 0 radical (unpaired) electrons. The molecule has 0 saturated carbocycles. The second kappa shape index (κ2) is 7.37. The van der Waals surface area contributed by atoms with Crippen molar-refractivity contribution < 1.29 is 46.1 Å². The van der Waals surface area contributed by atoms with E-state index in [0.717, 1.165) is 22.4 Å². The minimum atomic E-state index is -10.7. The first-order chi connectivity index (χ1) is 11.4. The Morgan fingerprint density at radius 2 is 1.15 bits per heavy atom. The van der Waals surface area contributed by atoms with Crippen molar-refractivity contribution in [2.24, 2.45) is 0 Å². The van der Waals surface area contributed by atoms with E-state index in [2.05, 4.69) is 15.0 Å². The molecule has 11 heteroatoms. The fraction of sp³-hybridized carbons (Fsp3) is 0. The molecule has 0 fully saturated rings. The molecule has 0 amide bonds. The van der Waals surface area contributed by atoms with Crippen LogP contribution in [0.3, 0.4) is 0 Å². The molecule has 3 aromatic heterocycles. The van der Waals surface area contributed by atoms with Crippen molar-refractivity contribution in [3.63, 3.8) is 0 Å². The van der Waals surface area contributed by atoms with Crippen LogP contribution in [0.15, 0.2) is 67.4 Å². The van der Waals surface area contributed by atoms with Crippen molar-refractivity contribution in [3.05, 3.63) is 67.4 Å². The standard InChI is InChI=1S/C15H11N3.F6P.Ru/c1-4-12(10-16-7-1)14-6-3-9-18-15(14)13-5-2-8-17-11-13;1-7(2,3,4,5)6;/h1-11H;;/q;-1;/p+1. The number of hydrogen-bond donors (Lipinski definition) is 0. The minimum absolute atomic E-state index is 0. The summed E-state index contributed by atoms with van der Waals surface area (Å²) in [6.45, 7) is 0. The van der Waals surface area contributed by atoms with Crippen LogP contribution in [0.1, 0.15) is 1.43 Å². The molecule has 3 heterocycles. The third-order valence-electron chi connectivity index (χ3n) is 2.72. The van der Waals surface area contributed by atoms with Gasteiger partial charge >= 0.3 is 34.4 Å². The molecule has 0 saturated heterocycles. The van der Waals surface area contributed by atoms with Crippen LogP contribution >= 0.6 is 7.81 Å². The summed E-state index contributed by atoms with van der Waals surface area (Å²) in [7, 11) is -10.7. The summed E-state index contributed by atoms with van der Waals surface area (Å²) < 4.78 is 59.2. The molecule has 0 aliphatic carbocycles. The first-order valence-electron chi connectivity index (χ1n) is 6.72. The maximum Gasteiger partial charge on any atom is 1.00 e. The first-order valence-corrected chi connectivity index (χ1v) is 8.75. The monoisotopic (exact) mass is 481 g/mol. The molecule has 3 rings (SSSR count). The predicted molar refractivity (Wildman–Crippen MR) is 85.4 cm³/mol. The van der Waals surface area contributed by atoms with Crippen LogP contribution < -0.4 is 0 Å². The normalized spacial score (nSPS) is 13.3. The van der Waals surface area contributed by atoms with Gasteiger partial charge in [0.1, 0.15) is 0 Å². The molecule has 3 nitrogen and oxygen atoms in total. The van der Waals surface area contributed by atoms with E-state index in [1.165, 1.54) is 0 Å². The van der Waals surface area contributed by atoms with Gasteiger partial charge in [-0.25, -0.2) is 0 Å². The van der Waals surface area contributed by atoms with Gasteiger partial charge in [-0.05, 0) is 24.3 Å². The van der Waals surface area contributed by atoms with Crippen molar-refractivity contribution in [2.45, 2.75) is 0 Å². The average Bonchev–Trinajstić information content (AvgIpc) is 2.54. The van der Waals surface area contributed by atoms with Crippen LogP contribution in [0, 0.1) is 0 Å². The molecule has 0 aromatic carbocycles. The number of nitrogens with zero attached hydrogens (tertiary/aromatic N) is 3. The third kappa shape index (κ3) is 8.97. The molecule has 0 aliphatic rings. The van der Waals surface area contributed by atoms with Crippen LogP contribution in [0.4, 0.5) is 25.2 Å². The summed E-state index contributed by atoms with van der Waals surface area (Å²) in [6, 6.07) is 11.9.